The van der Waals surface area contributed by atoms with Crippen LogP contribution in [0.4, 0.5) is 0 Å². The van der Waals surface area contributed by atoms with Gasteiger partial charge < -0.3 is 10.1 Å². The molecule has 2 aromatic rings. The molecule has 0 saturated carbocycles. The molecule has 0 spiro atoms. The van der Waals surface area contributed by atoms with E-state index in [9.17, 15) is 4.79 Å². The summed E-state index contributed by atoms with van der Waals surface area (Å²) in [6.07, 6.45) is 3.19. The molecule has 0 aliphatic carbocycles. The van der Waals surface area contributed by atoms with Crippen molar-refractivity contribution in [3.05, 3.63) is 59.9 Å². The number of methoxy groups -OCH3 is 1. The van der Waals surface area contributed by atoms with Crippen molar-refractivity contribution in [1.29, 1.82) is 0 Å². The second kappa shape index (κ2) is 6.00. The summed E-state index contributed by atoms with van der Waals surface area (Å²) in [5.41, 5.74) is 1.49. The van der Waals surface area contributed by atoms with Crippen molar-refractivity contribution in [3.63, 3.8) is 0 Å². The van der Waals surface area contributed by atoms with Gasteiger partial charge >= 0.3 is 0 Å². The van der Waals surface area contributed by atoms with E-state index in [1.165, 1.54) is 0 Å². The molecule has 0 radical (unpaired) electrons. The molecule has 1 heterocycles. The van der Waals surface area contributed by atoms with Gasteiger partial charge in [0.15, 0.2) is 0 Å². The zero-order valence-electron chi connectivity index (χ0n) is 11.0. The van der Waals surface area contributed by atoms with E-state index in [0.717, 1.165) is 11.3 Å². The van der Waals surface area contributed by atoms with Crippen LogP contribution in [0, 0.1) is 0 Å². The first kappa shape index (κ1) is 13.1. The first-order valence-electron chi connectivity index (χ1n) is 6.06. The highest BCUT2D eigenvalue weighted by molar-refractivity contribution is 5.94. The topological polar surface area (TPSA) is 51.2 Å². The Hall–Kier alpha value is -2.36. The number of nitrogens with one attached hydrogen (secondary N) is 1. The number of carbonyl (C=O) groups is 1. The lowest BCUT2D eigenvalue weighted by molar-refractivity contribution is 0.0939. The molecule has 2 rings (SSSR count). The molecule has 0 aliphatic rings. The van der Waals surface area contributed by atoms with Gasteiger partial charge in [-0.3, -0.25) is 9.78 Å². The Morgan fingerprint density at radius 1 is 1.26 bits per heavy atom. The van der Waals surface area contributed by atoms with Gasteiger partial charge in [-0.2, -0.15) is 0 Å². The number of nitrogens with zero attached hydrogens (tertiary/aromatic N) is 1. The van der Waals surface area contributed by atoms with E-state index in [0.29, 0.717) is 5.56 Å². The fraction of sp³-hybridized carbons (Fsp3) is 0.200. The van der Waals surface area contributed by atoms with Crippen molar-refractivity contribution in [2.24, 2.45) is 0 Å². The maximum Gasteiger partial charge on any atom is 0.253 e. The number of hydrogen-bond acceptors (Lipinski definition) is 3. The number of aromatic nitrogens is 1. The van der Waals surface area contributed by atoms with Crippen LogP contribution in [0.1, 0.15) is 28.9 Å². The smallest absolute Gasteiger partial charge is 0.253 e. The molecule has 0 fully saturated rings. The van der Waals surface area contributed by atoms with Gasteiger partial charge in [-0.15, -0.1) is 0 Å². The highest BCUT2D eigenvalue weighted by Crippen LogP contribution is 2.24. The summed E-state index contributed by atoms with van der Waals surface area (Å²) in [6, 6.07) is 11.0. The quantitative estimate of drug-likeness (QED) is 0.914. The first-order chi connectivity index (χ1) is 9.22. The summed E-state index contributed by atoms with van der Waals surface area (Å²) in [7, 11) is 1.62. The largest absolute Gasteiger partial charge is 0.496 e. The molecule has 1 amide bonds. The number of carbonyl (C=O) groups excluding carboxylic acids is 1. The van der Waals surface area contributed by atoms with Crippen molar-refractivity contribution >= 4 is 5.91 Å². The molecule has 0 saturated heterocycles. The van der Waals surface area contributed by atoms with Crippen LogP contribution in [0.15, 0.2) is 48.8 Å². The van der Waals surface area contributed by atoms with Gasteiger partial charge in [0, 0.05) is 18.0 Å². The predicted molar refractivity (Wildman–Crippen MR) is 73.1 cm³/mol. The number of benzene rings is 1. The summed E-state index contributed by atoms with van der Waals surface area (Å²) >= 11 is 0. The van der Waals surface area contributed by atoms with Crippen LogP contribution in [0.25, 0.3) is 0 Å². The number of para-hydroxylation sites is 1. The molecule has 1 aromatic carbocycles. The van der Waals surface area contributed by atoms with Gasteiger partial charge in [0.25, 0.3) is 5.91 Å². The molecular weight excluding hydrogens is 240 g/mol. The summed E-state index contributed by atoms with van der Waals surface area (Å²) in [5.74, 6) is 0.619. The minimum atomic E-state index is -0.147. The zero-order valence-corrected chi connectivity index (χ0v) is 11.0. The predicted octanol–water partition coefficient (Wildman–Crippen LogP) is 2.58. The van der Waals surface area contributed by atoms with Gasteiger partial charge in [0.05, 0.1) is 18.7 Å². The minimum Gasteiger partial charge on any atom is -0.496 e. The van der Waals surface area contributed by atoms with Gasteiger partial charge in [0.2, 0.25) is 0 Å². The van der Waals surface area contributed by atoms with E-state index in [4.69, 9.17) is 4.74 Å². The van der Waals surface area contributed by atoms with Crippen molar-refractivity contribution in [2.75, 3.05) is 7.11 Å². The third-order valence-electron chi connectivity index (χ3n) is 2.88. The highest BCUT2D eigenvalue weighted by Gasteiger charge is 2.14. The van der Waals surface area contributed by atoms with Crippen molar-refractivity contribution in [3.8, 4) is 5.75 Å². The van der Waals surface area contributed by atoms with Gasteiger partial charge in [0.1, 0.15) is 5.75 Å². The van der Waals surface area contributed by atoms with E-state index < -0.39 is 0 Å². The Kier molecular flexibility index (Phi) is 4.13. The molecule has 0 bridgehead atoms. The molecule has 4 heteroatoms. The average molecular weight is 256 g/mol. The normalized spacial score (nSPS) is 11.7. The summed E-state index contributed by atoms with van der Waals surface area (Å²) < 4.78 is 5.29. The second-order valence-corrected chi connectivity index (χ2v) is 4.18. The molecular formula is C15H16N2O2. The molecule has 1 aromatic heterocycles. The molecule has 98 valence electrons. The number of amides is 1. The lowest BCUT2D eigenvalue weighted by Crippen LogP contribution is -2.26. The molecule has 0 aliphatic heterocycles. The lowest BCUT2D eigenvalue weighted by Gasteiger charge is -2.17. The van der Waals surface area contributed by atoms with Crippen molar-refractivity contribution < 1.29 is 9.53 Å². The van der Waals surface area contributed by atoms with E-state index in [1.54, 1.807) is 31.6 Å². The average Bonchev–Trinajstić information content (AvgIpc) is 2.48. The van der Waals surface area contributed by atoms with Crippen LogP contribution in [-0.2, 0) is 0 Å². The summed E-state index contributed by atoms with van der Waals surface area (Å²) in [5, 5.41) is 2.93. The first-order valence-corrected chi connectivity index (χ1v) is 6.06. The third kappa shape index (κ3) is 3.10. The Labute approximate surface area is 112 Å². The second-order valence-electron chi connectivity index (χ2n) is 4.18. The van der Waals surface area contributed by atoms with Gasteiger partial charge in [-0.25, -0.2) is 0 Å². The maximum absolute atomic E-state index is 12.0. The Morgan fingerprint density at radius 2 is 2.05 bits per heavy atom. The van der Waals surface area contributed by atoms with E-state index in [1.807, 2.05) is 31.2 Å². The van der Waals surface area contributed by atoms with Crippen LogP contribution in [0.2, 0.25) is 0 Å². The Balaban J connectivity index is 2.13. The standard InChI is InChI=1S/C15H16N2O2/c1-11(13-7-3-4-8-14(13)19-2)17-15(18)12-6-5-9-16-10-12/h3-11H,1-2H3,(H,17,18). The highest BCUT2D eigenvalue weighted by atomic mass is 16.5. The molecule has 1 unspecified atom stereocenters. The van der Waals surface area contributed by atoms with Crippen molar-refractivity contribution in [1.82, 2.24) is 10.3 Å². The van der Waals surface area contributed by atoms with Crippen LogP contribution in [0.5, 0.6) is 5.75 Å². The van der Waals surface area contributed by atoms with E-state index >= 15 is 0 Å². The summed E-state index contributed by atoms with van der Waals surface area (Å²) in [6.45, 7) is 1.92. The molecule has 1 N–H and O–H groups in total. The monoisotopic (exact) mass is 256 g/mol. The Bertz CT molecular complexity index is 555. The molecule has 19 heavy (non-hydrogen) atoms. The van der Waals surface area contributed by atoms with Gasteiger partial charge in [-0.1, -0.05) is 18.2 Å². The van der Waals surface area contributed by atoms with Crippen LogP contribution in [-0.4, -0.2) is 18.0 Å². The van der Waals surface area contributed by atoms with Crippen LogP contribution >= 0.6 is 0 Å². The summed E-state index contributed by atoms with van der Waals surface area (Å²) in [4.78, 5) is 16.0. The fourth-order valence-electron chi connectivity index (χ4n) is 1.88. The number of pyridine rings is 1. The van der Waals surface area contributed by atoms with Crippen molar-refractivity contribution in [2.45, 2.75) is 13.0 Å². The Morgan fingerprint density at radius 3 is 2.74 bits per heavy atom. The maximum atomic E-state index is 12.0. The third-order valence-corrected chi connectivity index (χ3v) is 2.88. The number of ether oxygens (including phenoxy) is 1. The SMILES string of the molecule is COc1ccccc1C(C)NC(=O)c1cccnc1. The van der Waals surface area contributed by atoms with E-state index in [-0.39, 0.29) is 11.9 Å². The van der Waals surface area contributed by atoms with Crippen LogP contribution < -0.4 is 10.1 Å². The van der Waals surface area contributed by atoms with Crippen LogP contribution in [0.3, 0.4) is 0 Å². The minimum absolute atomic E-state index is 0.135. The fourth-order valence-corrected chi connectivity index (χ4v) is 1.88. The molecule has 1 atom stereocenters. The molecule has 4 nitrogen and oxygen atoms in total. The zero-order chi connectivity index (χ0) is 13.7. The number of hydrogen-bond donors (Lipinski definition) is 1. The van der Waals surface area contributed by atoms with Gasteiger partial charge in [-0.05, 0) is 25.1 Å². The lowest BCUT2D eigenvalue weighted by atomic mass is 10.1. The number of rotatable bonds is 4. The van der Waals surface area contributed by atoms with E-state index in [2.05, 4.69) is 10.3 Å².